The van der Waals surface area contributed by atoms with Crippen molar-refractivity contribution in [3.05, 3.63) is 53.8 Å². The zero-order chi connectivity index (χ0) is 18.8. The summed E-state index contributed by atoms with van der Waals surface area (Å²) in [6.45, 7) is 3.97. The molecule has 4 rings (SSSR count). The molecule has 0 bridgehead atoms. The van der Waals surface area contributed by atoms with E-state index in [2.05, 4.69) is 39.4 Å². The van der Waals surface area contributed by atoms with Gasteiger partial charge in [-0.05, 0) is 25.0 Å². The van der Waals surface area contributed by atoms with Crippen LogP contribution in [0.2, 0.25) is 0 Å². The lowest BCUT2D eigenvalue weighted by Crippen LogP contribution is -2.11. The van der Waals surface area contributed by atoms with Crippen LogP contribution in [0.15, 0.2) is 50.7 Å². The van der Waals surface area contributed by atoms with Crippen LogP contribution >= 0.6 is 11.8 Å². The van der Waals surface area contributed by atoms with Gasteiger partial charge < -0.3 is 14.8 Å². The molecule has 0 aliphatic carbocycles. The van der Waals surface area contributed by atoms with Gasteiger partial charge in [-0.1, -0.05) is 48.1 Å². The number of nitrogens with two attached hydrogens (primary N) is 1. The molecule has 0 unspecified atom stereocenters. The molecule has 8 nitrogen and oxygen atoms in total. The SMILES string of the molecule is CCc1ccc(-c2noc(CSc3nnc(-c4ccoc4C)n3N)n2)cc1. The van der Waals surface area contributed by atoms with E-state index in [1.54, 1.807) is 6.26 Å². The van der Waals surface area contributed by atoms with Crippen molar-refractivity contribution in [2.45, 2.75) is 31.2 Å². The first kappa shape index (κ1) is 17.3. The smallest absolute Gasteiger partial charge is 0.237 e. The van der Waals surface area contributed by atoms with E-state index in [0.717, 1.165) is 23.3 Å². The molecule has 0 radical (unpaired) electrons. The van der Waals surface area contributed by atoms with Crippen LogP contribution in [0.3, 0.4) is 0 Å². The average molecular weight is 382 g/mol. The maximum absolute atomic E-state index is 6.11. The maximum atomic E-state index is 6.11. The Morgan fingerprint density at radius 1 is 1.15 bits per heavy atom. The van der Waals surface area contributed by atoms with Gasteiger partial charge in [0.15, 0.2) is 5.82 Å². The minimum absolute atomic E-state index is 0.444. The van der Waals surface area contributed by atoms with E-state index in [1.165, 1.54) is 22.0 Å². The van der Waals surface area contributed by atoms with Crippen LogP contribution in [0.25, 0.3) is 22.8 Å². The average Bonchev–Trinajstić information content (AvgIpc) is 3.41. The van der Waals surface area contributed by atoms with E-state index in [-0.39, 0.29) is 0 Å². The van der Waals surface area contributed by atoms with E-state index in [0.29, 0.717) is 28.4 Å². The van der Waals surface area contributed by atoms with Crippen molar-refractivity contribution in [2.75, 3.05) is 5.84 Å². The Labute approximate surface area is 159 Å². The molecule has 0 spiro atoms. The number of nitrogen functional groups attached to an aromatic ring is 1. The molecule has 3 aromatic heterocycles. The summed E-state index contributed by atoms with van der Waals surface area (Å²) in [5.74, 6) is 8.91. The summed E-state index contributed by atoms with van der Waals surface area (Å²) in [5.41, 5.74) is 3.00. The van der Waals surface area contributed by atoms with Crippen molar-refractivity contribution < 1.29 is 8.94 Å². The highest BCUT2D eigenvalue weighted by atomic mass is 32.2. The molecular weight excluding hydrogens is 364 g/mol. The fraction of sp³-hybridized carbons (Fsp3) is 0.222. The van der Waals surface area contributed by atoms with Crippen molar-refractivity contribution in [1.82, 2.24) is 25.0 Å². The molecule has 3 heterocycles. The third kappa shape index (κ3) is 3.45. The van der Waals surface area contributed by atoms with Crippen molar-refractivity contribution in [1.29, 1.82) is 0 Å². The summed E-state index contributed by atoms with van der Waals surface area (Å²) >= 11 is 1.38. The van der Waals surface area contributed by atoms with Gasteiger partial charge in [0.05, 0.1) is 17.6 Å². The monoisotopic (exact) mass is 382 g/mol. The summed E-state index contributed by atoms with van der Waals surface area (Å²) < 4.78 is 12.1. The van der Waals surface area contributed by atoms with Crippen LogP contribution in [-0.4, -0.2) is 25.0 Å². The molecule has 27 heavy (non-hydrogen) atoms. The van der Waals surface area contributed by atoms with Crippen molar-refractivity contribution in [2.24, 2.45) is 0 Å². The Balaban J connectivity index is 1.46. The van der Waals surface area contributed by atoms with Gasteiger partial charge in [-0.2, -0.15) is 4.98 Å². The molecule has 0 atom stereocenters. The minimum Gasteiger partial charge on any atom is -0.469 e. The quantitative estimate of drug-likeness (QED) is 0.399. The lowest BCUT2D eigenvalue weighted by Gasteiger charge is -2.01. The van der Waals surface area contributed by atoms with Crippen LogP contribution in [0.5, 0.6) is 0 Å². The van der Waals surface area contributed by atoms with Crippen LogP contribution in [-0.2, 0) is 12.2 Å². The number of aromatic nitrogens is 5. The molecule has 0 fully saturated rings. The number of hydrogen-bond donors (Lipinski definition) is 1. The summed E-state index contributed by atoms with van der Waals surface area (Å²) in [6, 6.07) is 9.94. The van der Waals surface area contributed by atoms with Crippen LogP contribution in [0.1, 0.15) is 24.1 Å². The Morgan fingerprint density at radius 3 is 2.67 bits per heavy atom. The third-order valence-corrected chi connectivity index (χ3v) is 5.11. The zero-order valence-corrected chi connectivity index (χ0v) is 15.7. The molecule has 0 amide bonds. The van der Waals surface area contributed by atoms with Gasteiger partial charge in [0.1, 0.15) is 5.76 Å². The summed E-state index contributed by atoms with van der Waals surface area (Å²) in [7, 11) is 0. The zero-order valence-electron chi connectivity index (χ0n) is 14.9. The van der Waals surface area contributed by atoms with Crippen LogP contribution < -0.4 is 5.84 Å². The molecule has 0 saturated heterocycles. The number of thioether (sulfide) groups is 1. The van der Waals surface area contributed by atoms with E-state index in [4.69, 9.17) is 14.8 Å². The maximum Gasteiger partial charge on any atom is 0.237 e. The lowest BCUT2D eigenvalue weighted by atomic mass is 10.1. The molecular formula is C18H18N6O2S. The number of furan rings is 1. The highest BCUT2D eigenvalue weighted by molar-refractivity contribution is 7.98. The van der Waals surface area contributed by atoms with Gasteiger partial charge in [0.2, 0.25) is 16.9 Å². The Morgan fingerprint density at radius 2 is 1.96 bits per heavy atom. The molecule has 9 heteroatoms. The second-order valence-electron chi connectivity index (χ2n) is 5.92. The van der Waals surface area contributed by atoms with E-state index >= 15 is 0 Å². The molecule has 4 aromatic rings. The molecule has 138 valence electrons. The highest BCUT2D eigenvalue weighted by Gasteiger charge is 2.17. The van der Waals surface area contributed by atoms with Crippen molar-refractivity contribution >= 4 is 11.8 Å². The fourth-order valence-electron chi connectivity index (χ4n) is 2.62. The molecule has 2 N–H and O–H groups in total. The topological polar surface area (TPSA) is 109 Å². The van der Waals surface area contributed by atoms with Crippen LogP contribution in [0, 0.1) is 6.92 Å². The molecule has 0 aliphatic heterocycles. The second kappa shape index (κ2) is 7.28. The largest absolute Gasteiger partial charge is 0.469 e. The number of aryl methyl sites for hydroxylation is 2. The molecule has 1 aromatic carbocycles. The highest BCUT2D eigenvalue weighted by Crippen LogP contribution is 2.27. The fourth-order valence-corrected chi connectivity index (χ4v) is 3.32. The standard InChI is InChI=1S/C18H18N6O2S/c1-3-12-4-6-13(7-5-12)16-20-15(26-23-16)10-27-18-22-21-17(24(18)19)14-8-9-25-11(14)2/h4-9H,3,10,19H2,1-2H3. The predicted octanol–water partition coefficient (Wildman–Crippen LogP) is 3.47. The molecule has 0 aliphatic rings. The van der Waals surface area contributed by atoms with E-state index in [1.807, 2.05) is 25.1 Å². The second-order valence-corrected chi connectivity index (χ2v) is 6.86. The normalized spacial score (nSPS) is 11.2. The van der Waals surface area contributed by atoms with Crippen molar-refractivity contribution in [3.63, 3.8) is 0 Å². The Bertz CT molecular complexity index is 1050. The number of rotatable bonds is 6. The van der Waals surface area contributed by atoms with Gasteiger partial charge in [0, 0.05) is 5.56 Å². The number of hydrogen-bond acceptors (Lipinski definition) is 8. The predicted molar refractivity (Wildman–Crippen MR) is 101 cm³/mol. The van der Waals surface area contributed by atoms with E-state index < -0.39 is 0 Å². The Kier molecular flexibility index (Phi) is 4.68. The van der Waals surface area contributed by atoms with Crippen LogP contribution in [0.4, 0.5) is 0 Å². The van der Waals surface area contributed by atoms with Gasteiger partial charge in [-0.25, -0.2) is 4.68 Å². The number of nitrogens with zero attached hydrogens (tertiary/aromatic N) is 5. The first-order valence-electron chi connectivity index (χ1n) is 8.45. The third-order valence-electron chi connectivity index (χ3n) is 4.18. The van der Waals surface area contributed by atoms with Gasteiger partial charge in [-0.3, -0.25) is 0 Å². The van der Waals surface area contributed by atoms with Gasteiger partial charge in [-0.15, -0.1) is 10.2 Å². The summed E-state index contributed by atoms with van der Waals surface area (Å²) in [4.78, 5) is 4.44. The van der Waals surface area contributed by atoms with E-state index in [9.17, 15) is 0 Å². The Hall–Kier alpha value is -3.07. The van der Waals surface area contributed by atoms with Gasteiger partial charge >= 0.3 is 0 Å². The first-order valence-corrected chi connectivity index (χ1v) is 9.44. The number of benzene rings is 1. The van der Waals surface area contributed by atoms with Crippen molar-refractivity contribution in [3.8, 4) is 22.8 Å². The first-order chi connectivity index (χ1) is 13.2. The minimum atomic E-state index is 0.444. The van der Waals surface area contributed by atoms with Gasteiger partial charge in [0.25, 0.3) is 0 Å². The summed E-state index contributed by atoms with van der Waals surface area (Å²) in [6.07, 6.45) is 2.59. The molecule has 0 saturated carbocycles. The summed E-state index contributed by atoms with van der Waals surface area (Å²) in [5, 5.41) is 12.9. The lowest BCUT2D eigenvalue weighted by molar-refractivity contribution is 0.391.